The van der Waals surface area contributed by atoms with Gasteiger partial charge in [0.15, 0.2) is 0 Å². The van der Waals surface area contributed by atoms with E-state index in [0.717, 1.165) is 24.2 Å². The number of amidine groups is 1. The van der Waals surface area contributed by atoms with Crippen molar-refractivity contribution in [2.45, 2.75) is 19.8 Å². The summed E-state index contributed by atoms with van der Waals surface area (Å²) in [5.41, 5.74) is 2.02. The van der Waals surface area contributed by atoms with E-state index in [1.165, 1.54) is 12.1 Å². The minimum Gasteiger partial charge on any atom is -0.330 e. The molecule has 1 N–H and O–H groups in total. The van der Waals surface area contributed by atoms with Crippen molar-refractivity contribution >= 4 is 11.5 Å². The van der Waals surface area contributed by atoms with E-state index in [0.29, 0.717) is 12.3 Å². The summed E-state index contributed by atoms with van der Waals surface area (Å²) in [6, 6.07) is 4.82. The van der Waals surface area contributed by atoms with Crippen LogP contribution in [0.2, 0.25) is 0 Å². The normalized spacial score (nSPS) is 14.3. The summed E-state index contributed by atoms with van der Waals surface area (Å²) in [4.78, 5) is 1.89. The van der Waals surface area contributed by atoms with Crippen molar-refractivity contribution in [3.63, 3.8) is 0 Å². The quantitative estimate of drug-likeness (QED) is 0.537. The van der Waals surface area contributed by atoms with Gasteiger partial charge in [-0.3, -0.25) is 5.41 Å². The zero-order valence-electron chi connectivity index (χ0n) is 8.18. The highest BCUT2D eigenvalue weighted by Crippen LogP contribution is 2.29. The average Bonchev–Trinajstić information content (AvgIpc) is 2.59. The van der Waals surface area contributed by atoms with E-state index in [2.05, 4.69) is 0 Å². The van der Waals surface area contributed by atoms with Gasteiger partial charge in [-0.15, -0.1) is 0 Å². The third kappa shape index (κ3) is 1.39. The Labute approximate surface area is 82.9 Å². The highest BCUT2D eigenvalue weighted by atomic mass is 19.1. The van der Waals surface area contributed by atoms with E-state index in [1.54, 1.807) is 0 Å². The SMILES string of the molecule is CCC(=N)N1CCc2ccc(F)cc21. The maximum atomic E-state index is 13.0. The Morgan fingerprint density at radius 1 is 1.57 bits per heavy atom. The van der Waals surface area contributed by atoms with Crippen LogP contribution >= 0.6 is 0 Å². The first-order valence-corrected chi connectivity index (χ1v) is 4.85. The van der Waals surface area contributed by atoms with Gasteiger partial charge in [-0.25, -0.2) is 4.39 Å². The molecule has 0 amide bonds. The number of nitrogens with one attached hydrogen (secondary N) is 1. The van der Waals surface area contributed by atoms with Gasteiger partial charge >= 0.3 is 0 Å². The number of rotatable bonds is 1. The van der Waals surface area contributed by atoms with E-state index in [9.17, 15) is 4.39 Å². The smallest absolute Gasteiger partial charge is 0.125 e. The standard InChI is InChI=1S/C11H13FN2/c1-2-11(13)14-6-5-8-3-4-9(12)7-10(8)14/h3-4,7,13H,2,5-6H2,1H3. The monoisotopic (exact) mass is 192 g/mol. The van der Waals surface area contributed by atoms with Gasteiger partial charge in [-0.2, -0.15) is 0 Å². The molecule has 1 aromatic carbocycles. The Balaban J connectivity index is 2.38. The van der Waals surface area contributed by atoms with Crippen molar-refractivity contribution in [3.8, 4) is 0 Å². The third-order valence-electron chi connectivity index (χ3n) is 2.60. The molecule has 0 fully saturated rings. The van der Waals surface area contributed by atoms with Gasteiger partial charge in [0.05, 0.1) is 5.84 Å². The Morgan fingerprint density at radius 2 is 2.36 bits per heavy atom. The summed E-state index contributed by atoms with van der Waals surface area (Å²) in [6.07, 6.45) is 1.61. The Morgan fingerprint density at radius 3 is 3.07 bits per heavy atom. The van der Waals surface area contributed by atoms with Crippen LogP contribution in [0.25, 0.3) is 0 Å². The predicted molar refractivity (Wildman–Crippen MR) is 55.5 cm³/mol. The number of halogens is 1. The van der Waals surface area contributed by atoms with Crippen LogP contribution in [0.3, 0.4) is 0 Å². The van der Waals surface area contributed by atoms with Gasteiger partial charge in [0.1, 0.15) is 5.82 Å². The maximum absolute atomic E-state index is 13.0. The van der Waals surface area contributed by atoms with Crippen LogP contribution in [0, 0.1) is 11.2 Å². The molecule has 0 saturated heterocycles. The summed E-state index contributed by atoms with van der Waals surface area (Å²) in [5.74, 6) is 0.342. The number of nitrogens with zero attached hydrogens (tertiary/aromatic N) is 1. The molecular formula is C11H13FN2. The van der Waals surface area contributed by atoms with Gasteiger partial charge in [-0.1, -0.05) is 13.0 Å². The molecule has 2 nitrogen and oxygen atoms in total. The summed E-state index contributed by atoms with van der Waals surface area (Å²) < 4.78 is 13.0. The summed E-state index contributed by atoms with van der Waals surface area (Å²) in [5, 5.41) is 7.74. The Bertz CT molecular complexity index is 374. The van der Waals surface area contributed by atoms with E-state index in [1.807, 2.05) is 17.9 Å². The van der Waals surface area contributed by atoms with Crippen LogP contribution in [-0.4, -0.2) is 12.4 Å². The van der Waals surface area contributed by atoms with Gasteiger partial charge in [0, 0.05) is 18.7 Å². The number of benzene rings is 1. The van der Waals surface area contributed by atoms with Crippen molar-refractivity contribution < 1.29 is 4.39 Å². The topological polar surface area (TPSA) is 27.1 Å². The van der Waals surface area contributed by atoms with Crippen LogP contribution in [0.15, 0.2) is 18.2 Å². The van der Waals surface area contributed by atoms with Crippen molar-refractivity contribution in [2.75, 3.05) is 11.4 Å². The molecule has 0 saturated carbocycles. The largest absolute Gasteiger partial charge is 0.330 e. The summed E-state index contributed by atoms with van der Waals surface area (Å²) in [6.45, 7) is 2.76. The molecular weight excluding hydrogens is 179 g/mol. The van der Waals surface area contributed by atoms with Crippen LogP contribution in [0.1, 0.15) is 18.9 Å². The molecule has 0 spiro atoms. The fourth-order valence-corrected chi connectivity index (χ4v) is 1.82. The second-order valence-electron chi connectivity index (χ2n) is 3.47. The first kappa shape index (κ1) is 9.19. The minimum atomic E-state index is -0.223. The summed E-state index contributed by atoms with van der Waals surface area (Å²) >= 11 is 0. The molecule has 74 valence electrons. The molecule has 1 aromatic rings. The molecule has 1 aliphatic rings. The molecule has 0 atom stereocenters. The van der Waals surface area contributed by atoms with E-state index < -0.39 is 0 Å². The number of anilines is 1. The lowest BCUT2D eigenvalue weighted by Crippen LogP contribution is -2.27. The average molecular weight is 192 g/mol. The van der Waals surface area contributed by atoms with Crippen LogP contribution in [0.4, 0.5) is 10.1 Å². The predicted octanol–water partition coefficient (Wildman–Crippen LogP) is 2.58. The van der Waals surface area contributed by atoms with Gasteiger partial charge < -0.3 is 4.90 Å². The molecule has 0 aliphatic carbocycles. The molecule has 0 unspecified atom stereocenters. The second-order valence-corrected chi connectivity index (χ2v) is 3.47. The Kier molecular flexibility index (Phi) is 2.23. The molecule has 14 heavy (non-hydrogen) atoms. The van der Waals surface area contributed by atoms with Crippen molar-refractivity contribution in [3.05, 3.63) is 29.6 Å². The van der Waals surface area contributed by atoms with E-state index in [4.69, 9.17) is 5.41 Å². The molecule has 0 bridgehead atoms. The number of hydrogen-bond donors (Lipinski definition) is 1. The van der Waals surface area contributed by atoms with E-state index in [-0.39, 0.29) is 5.82 Å². The first-order chi connectivity index (χ1) is 6.72. The van der Waals surface area contributed by atoms with Crippen LogP contribution < -0.4 is 4.90 Å². The lowest BCUT2D eigenvalue weighted by atomic mass is 10.2. The summed E-state index contributed by atoms with van der Waals surface area (Å²) in [7, 11) is 0. The number of fused-ring (bicyclic) bond motifs is 1. The lowest BCUT2D eigenvalue weighted by Gasteiger charge is -2.18. The zero-order valence-corrected chi connectivity index (χ0v) is 8.18. The molecule has 2 rings (SSSR count). The van der Waals surface area contributed by atoms with Crippen molar-refractivity contribution in [1.82, 2.24) is 0 Å². The second kappa shape index (κ2) is 3.40. The molecule has 1 aliphatic heterocycles. The fraction of sp³-hybridized carbons (Fsp3) is 0.364. The van der Waals surface area contributed by atoms with Crippen LogP contribution in [-0.2, 0) is 6.42 Å². The Hall–Kier alpha value is -1.38. The molecule has 1 heterocycles. The highest BCUT2D eigenvalue weighted by Gasteiger charge is 2.21. The van der Waals surface area contributed by atoms with Gasteiger partial charge in [-0.05, 0) is 24.1 Å². The third-order valence-corrected chi connectivity index (χ3v) is 2.60. The lowest BCUT2D eigenvalue weighted by molar-refractivity contribution is 0.628. The maximum Gasteiger partial charge on any atom is 0.125 e. The van der Waals surface area contributed by atoms with E-state index >= 15 is 0 Å². The van der Waals surface area contributed by atoms with Crippen molar-refractivity contribution in [1.29, 1.82) is 5.41 Å². The van der Waals surface area contributed by atoms with Gasteiger partial charge in [0.2, 0.25) is 0 Å². The van der Waals surface area contributed by atoms with Crippen molar-refractivity contribution in [2.24, 2.45) is 0 Å². The van der Waals surface area contributed by atoms with Gasteiger partial charge in [0.25, 0.3) is 0 Å². The molecule has 0 radical (unpaired) electrons. The highest BCUT2D eigenvalue weighted by molar-refractivity contribution is 5.97. The first-order valence-electron chi connectivity index (χ1n) is 4.85. The minimum absolute atomic E-state index is 0.223. The zero-order chi connectivity index (χ0) is 10.1. The molecule has 0 aromatic heterocycles. The number of hydrogen-bond acceptors (Lipinski definition) is 1. The molecule has 3 heteroatoms. The fourth-order valence-electron chi connectivity index (χ4n) is 1.82. The van der Waals surface area contributed by atoms with Crippen LogP contribution in [0.5, 0.6) is 0 Å².